The molecular formula is C20H16F3N3O3. The summed E-state index contributed by atoms with van der Waals surface area (Å²) in [7, 11) is 0. The standard InChI is InChI=1S/C20H16F3N3O3/c21-20(22,23)12-3-5-13(6-4-12)24-18(27)11-29-14-7-8-16-15(10-14)19(28)26-9-1-2-17(26)25-16/h3-8,10H,1-2,9,11H2,(H,24,27). The summed E-state index contributed by atoms with van der Waals surface area (Å²) in [5.41, 5.74) is -0.135. The van der Waals surface area contributed by atoms with Gasteiger partial charge in [0.2, 0.25) is 0 Å². The van der Waals surface area contributed by atoms with Gasteiger partial charge < -0.3 is 10.1 Å². The largest absolute Gasteiger partial charge is 0.484 e. The second kappa shape index (κ2) is 7.23. The number of nitrogens with zero attached hydrogens (tertiary/aromatic N) is 2. The minimum absolute atomic E-state index is 0.137. The number of halogens is 3. The molecule has 0 bridgehead atoms. The van der Waals surface area contributed by atoms with Crippen molar-refractivity contribution in [3.63, 3.8) is 0 Å². The fourth-order valence-electron chi connectivity index (χ4n) is 3.24. The molecule has 0 saturated heterocycles. The van der Waals surface area contributed by atoms with Gasteiger partial charge in [-0.15, -0.1) is 0 Å². The van der Waals surface area contributed by atoms with E-state index in [1.807, 2.05) is 0 Å². The number of nitrogens with one attached hydrogen (secondary N) is 1. The van der Waals surface area contributed by atoms with E-state index in [0.717, 1.165) is 30.8 Å². The Labute approximate surface area is 162 Å². The first-order valence-electron chi connectivity index (χ1n) is 8.95. The third-order valence-corrected chi connectivity index (χ3v) is 4.65. The first-order valence-corrected chi connectivity index (χ1v) is 8.95. The van der Waals surface area contributed by atoms with E-state index in [1.54, 1.807) is 22.8 Å². The van der Waals surface area contributed by atoms with Gasteiger partial charge in [-0.2, -0.15) is 13.2 Å². The summed E-state index contributed by atoms with van der Waals surface area (Å²) in [6, 6.07) is 8.94. The van der Waals surface area contributed by atoms with Gasteiger partial charge >= 0.3 is 6.18 Å². The highest BCUT2D eigenvalue weighted by molar-refractivity contribution is 5.92. The molecule has 0 aliphatic carbocycles. The Kier molecular flexibility index (Phi) is 4.73. The Bertz CT molecular complexity index is 1140. The third-order valence-electron chi connectivity index (χ3n) is 4.65. The molecule has 2 heterocycles. The van der Waals surface area contributed by atoms with Crippen molar-refractivity contribution in [2.45, 2.75) is 25.6 Å². The highest BCUT2D eigenvalue weighted by atomic mass is 19.4. The molecule has 0 spiro atoms. The summed E-state index contributed by atoms with van der Waals surface area (Å²) in [4.78, 5) is 29.1. The number of rotatable bonds is 4. The molecule has 1 aliphatic heterocycles. The Morgan fingerprint density at radius 1 is 1.17 bits per heavy atom. The smallest absolute Gasteiger partial charge is 0.416 e. The van der Waals surface area contributed by atoms with Gasteiger partial charge in [0.1, 0.15) is 11.6 Å². The molecule has 1 aliphatic rings. The lowest BCUT2D eigenvalue weighted by Crippen LogP contribution is -2.22. The fraction of sp³-hybridized carbons (Fsp3) is 0.250. The zero-order valence-electron chi connectivity index (χ0n) is 15.1. The average Bonchev–Trinajstić information content (AvgIpc) is 3.15. The Morgan fingerprint density at radius 2 is 1.93 bits per heavy atom. The number of carbonyl (C=O) groups is 1. The van der Waals surface area contributed by atoms with Gasteiger partial charge in [0.05, 0.1) is 16.5 Å². The van der Waals surface area contributed by atoms with Gasteiger partial charge in [0.15, 0.2) is 6.61 Å². The van der Waals surface area contributed by atoms with Crippen LogP contribution in [-0.2, 0) is 23.9 Å². The number of aromatic nitrogens is 2. The molecule has 0 atom stereocenters. The van der Waals surface area contributed by atoms with Crippen LogP contribution in [-0.4, -0.2) is 22.1 Å². The molecular weight excluding hydrogens is 387 g/mol. The van der Waals surface area contributed by atoms with E-state index in [9.17, 15) is 22.8 Å². The molecule has 0 unspecified atom stereocenters. The molecule has 0 fully saturated rings. The van der Waals surface area contributed by atoms with Crippen LogP contribution in [0.25, 0.3) is 10.9 Å². The number of fused-ring (bicyclic) bond motifs is 2. The first kappa shape index (κ1) is 19.0. The number of amides is 1. The van der Waals surface area contributed by atoms with Crippen molar-refractivity contribution < 1.29 is 22.7 Å². The van der Waals surface area contributed by atoms with Crippen LogP contribution in [0.3, 0.4) is 0 Å². The van der Waals surface area contributed by atoms with Crippen LogP contribution in [0.5, 0.6) is 5.75 Å². The zero-order valence-corrected chi connectivity index (χ0v) is 15.1. The SMILES string of the molecule is O=C(COc1ccc2nc3n(c(=O)c2c1)CCC3)Nc1ccc(C(F)(F)F)cc1. The molecule has 9 heteroatoms. The number of benzene rings is 2. The van der Waals surface area contributed by atoms with E-state index in [4.69, 9.17) is 4.74 Å². The maximum atomic E-state index is 12.6. The van der Waals surface area contributed by atoms with E-state index in [0.29, 0.717) is 23.2 Å². The van der Waals surface area contributed by atoms with Crippen LogP contribution in [0.15, 0.2) is 47.3 Å². The molecule has 1 aromatic heterocycles. The fourth-order valence-corrected chi connectivity index (χ4v) is 3.24. The van der Waals surface area contributed by atoms with Gasteiger partial charge in [-0.25, -0.2) is 4.98 Å². The number of carbonyl (C=O) groups excluding carboxylic acids is 1. The van der Waals surface area contributed by atoms with Crippen molar-refractivity contribution >= 4 is 22.5 Å². The lowest BCUT2D eigenvalue weighted by Gasteiger charge is -2.10. The number of ether oxygens (including phenoxy) is 1. The zero-order chi connectivity index (χ0) is 20.6. The summed E-state index contributed by atoms with van der Waals surface area (Å²) in [5, 5.41) is 2.88. The van der Waals surface area contributed by atoms with Gasteiger partial charge in [-0.3, -0.25) is 14.2 Å². The van der Waals surface area contributed by atoms with Gasteiger partial charge in [0.25, 0.3) is 11.5 Å². The second-order valence-electron chi connectivity index (χ2n) is 6.68. The lowest BCUT2D eigenvalue weighted by molar-refractivity contribution is -0.137. The van der Waals surface area contributed by atoms with Crippen molar-refractivity contribution in [1.29, 1.82) is 0 Å². The van der Waals surface area contributed by atoms with Gasteiger partial charge in [0, 0.05) is 18.7 Å². The van der Waals surface area contributed by atoms with E-state index in [-0.39, 0.29) is 17.9 Å². The third kappa shape index (κ3) is 3.94. The normalized spacial score (nSPS) is 13.3. The predicted octanol–water partition coefficient (Wildman–Crippen LogP) is 3.38. The van der Waals surface area contributed by atoms with Crippen LogP contribution in [0.2, 0.25) is 0 Å². The molecule has 0 radical (unpaired) electrons. The monoisotopic (exact) mass is 403 g/mol. The number of hydrogen-bond donors (Lipinski definition) is 1. The summed E-state index contributed by atoms with van der Waals surface area (Å²) in [6.07, 6.45) is -2.78. The van der Waals surface area contributed by atoms with Crippen LogP contribution < -0.4 is 15.6 Å². The van der Waals surface area contributed by atoms with Crippen molar-refractivity contribution in [3.8, 4) is 5.75 Å². The Morgan fingerprint density at radius 3 is 2.66 bits per heavy atom. The van der Waals surface area contributed by atoms with Crippen LogP contribution >= 0.6 is 0 Å². The number of aryl methyl sites for hydroxylation is 1. The summed E-state index contributed by atoms with van der Waals surface area (Å²) >= 11 is 0. The summed E-state index contributed by atoms with van der Waals surface area (Å²) in [6.45, 7) is 0.282. The quantitative estimate of drug-likeness (QED) is 0.725. The van der Waals surface area contributed by atoms with Crippen LogP contribution in [0, 0.1) is 0 Å². The van der Waals surface area contributed by atoms with Crippen molar-refractivity contribution in [3.05, 3.63) is 64.2 Å². The predicted molar refractivity (Wildman–Crippen MR) is 99.9 cm³/mol. The van der Waals surface area contributed by atoms with Crippen LogP contribution in [0.4, 0.5) is 18.9 Å². The maximum Gasteiger partial charge on any atom is 0.416 e. The highest BCUT2D eigenvalue weighted by Crippen LogP contribution is 2.29. The molecule has 0 saturated carbocycles. The van der Waals surface area contributed by atoms with Crippen molar-refractivity contribution in [2.75, 3.05) is 11.9 Å². The molecule has 1 N–H and O–H groups in total. The topological polar surface area (TPSA) is 73.2 Å². The lowest BCUT2D eigenvalue weighted by atomic mass is 10.2. The molecule has 3 aromatic rings. The Hall–Kier alpha value is -3.36. The van der Waals surface area contributed by atoms with Gasteiger partial charge in [-0.05, 0) is 48.9 Å². The molecule has 4 rings (SSSR count). The molecule has 150 valence electrons. The first-order chi connectivity index (χ1) is 13.8. The minimum atomic E-state index is -4.44. The number of hydrogen-bond acceptors (Lipinski definition) is 4. The van der Waals surface area contributed by atoms with Crippen molar-refractivity contribution in [2.24, 2.45) is 0 Å². The van der Waals surface area contributed by atoms with Gasteiger partial charge in [-0.1, -0.05) is 0 Å². The van der Waals surface area contributed by atoms with E-state index in [1.165, 1.54) is 12.1 Å². The summed E-state index contributed by atoms with van der Waals surface area (Å²) < 4.78 is 44.8. The average molecular weight is 403 g/mol. The maximum absolute atomic E-state index is 12.6. The van der Waals surface area contributed by atoms with E-state index >= 15 is 0 Å². The molecule has 6 nitrogen and oxygen atoms in total. The van der Waals surface area contributed by atoms with Crippen molar-refractivity contribution in [1.82, 2.24) is 9.55 Å². The molecule has 29 heavy (non-hydrogen) atoms. The molecule has 2 aromatic carbocycles. The van der Waals surface area contributed by atoms with E-state index < -0.39 is 17.6 Å². The summed E-state index contributed by atoms with van der Waals surface area (Å²) in [5.74, 6) is 0.568. The molecule has 1 amide bonds. The second-order valence-corrected chi connectivity index (χ2v) is 6.68. The van der Waals surface area contributed by atoms with E-state index in [2.05, 4.69) is 10.3 Å². The number of alkyl halides is 3. The van der Waals surface area contributed by atoms with Crippen LogP contribution in [0.1, 0.15) is 17.8 Å². The Balaban J connectivity index is 1.43. The number of anilines is 1. The minimum Gasteiger partial charge on any atom is -0.484 e. The highest BCUT2D eigenvalue weighted by Gasteiger charge is 2.30.